The first kappa shape index (κ1) is 17.5. The standard InChI is InChI=1S/C18H26N2O3/c1-13-4-6-16-15(10-13)14(11-19-16)5-7-17(22)20-18(2,8-9-21)12-23-3/h4,6,10-11,19,21H,5,7-9,12H2,1-3H3,(H,20,22). The minimum Gasteiger partial charge on any atom is -0.396 e. The number of fused-ring (bicyclic) bond motifs is 1. The third kappa shape index (κ3) is 4.56. The van der Waals surface area contributed by atoms with E-state index in [-0.39, 0.29) is 12.5 Å². The molecular weight excluding hydrogens is 292 g/mol. The van der Waals surface area contributed by atoms with Crippen molar-refractivity contribution in [2.24, 2.45) is 0 Å². The monoisotopic (exact) mass is 318 g/mol. The van der Waals surface area contributed by atoms with Crippen LogP contribution in [-0.4, -0.2) is 41.9 Å². The second-order valence-corrected chi connectivity index (χ2v) is 6.38. The quantitative estimate of drug-likeness (QED) is 0.699. The first-order chi connectivity index (χ1) is 11.0. The molecule has 126 valence electrons. The van der Waals surface area contributed by atoms with E-state index < -0.39 is 5.54 Å². The number of aryl methyl sites for hydroxylation is 2. The summed E-state index contributed by atoms with van der Waals surface area (Å²) in [6, 6.07) is 6.27. The Labute approximate surface area is 137 Å². The summed E-state index contributed by atoms with van der Waals surface area (Å²) in [7, 11) is 1.59. The van der Waals surface area contributed by atoms with Gasteiger partial charge in [-0.15, -0.1) is 0 Å². The summed E-state index contributed by atoms with van der Waals surface area (Å²) in [5, 5.41) is 13.3. The number of H-pyrrole nitrogens is 1. The van der Waals surface area contributed by atoms with Gasteiger partial charge in [0.1, 0.15) is 0 Å². The van der Waals surface area contributed by atoms with Crippen LogP contribution in [0.3, 0.4) is 0 Å². The predicted octanol–water partition coefficient (Wildman–Crippen LogP) is 2.31. The highest BCUT2D eigenvalue weighted by atomic mass is 16.5. The third-order valence-corrected chi connectivity index (χ3v) is 4.11. The molecule has 23 heavy (non-hydrogen) atoms. The maximum atomic E-state index is 12.2. The fraction of sp³-hybridized carbons (Fsp3) is 0.500. The van der Waals surface area contributed by atoms with Crippen LogP contribution in [0.2, 0.25) is 0 Å². The van der Waals surface area contributed by atoms with E-state index in [1.807, 2.05) is 13.1 Å². The van der Waals surface area contributed by atoms with Gasteiger partial charge in [0.2, 0.25) is 5.91 Å². The molecule has 1 unspecified atom stereocenters. The minimum absolute atomic E-state index is 0.0157. The molecule has 1 aromatic carbocycles. The first-order valence-electron chi connectivity index (χ1n) is 7.95. The lowest BCUT2D eigenvalue weighted by atomic mass is 9.98. The number of rotatable bonds is 8. The van der Waals surface area contributed by atoms with E-state index in [4.69, 9.17) is 9.84 Å². The molecule has 0 spiro atoms. The van der Waals surface area contributed by atoms with Crippen molar-refractivity contribution < 1.29 is 14.6 Å². The molecule has 3 N–H and O–H groups in total. The number of carbonyl (C=O) groups is 1. The van der Waals surface area contributed by atoms with Crippen molar-refractivity contribution in [3.05, 3.63) is 35.5 Å². The zero-order valence-corrected chi connectivity index (χ0v) is 14.1. The number of hydrogen-bond acceptors (Lipinski definition) is 3. The van der Waals surface area contributed by atoms with Gasteiger partial charge in [0.05, 0.1) is 12.1 Å². The predicted molar refractivity (Wildman–Crippen MR) is 91.5 cm³/mol. The van der Waals surface area contributed by atoms with Crippen LogP contribution in [0.15, 0.2) is 24.4 Å². The number of amides is 1. The van der Waals surface area contributed by atoms with Gasteiger partial charge >= 0.3 is 0 Å². The van der Waals surface area contributed by atoms with E-state index in [1.54, 1.807) is 7.11 Å². The Balaban J connectivity index is 1.99. The van der Waals surface area contributed by atoms with Gasteiger partial charge in [-0.05, 0) is 44.4 Å². The van der Waals surface area contributed by atoms with Gasteiger partial charge in [-0.3, -0.25) is 4.79 Å². The maximum absolute atomic E-state index is 12.2. The van der Waals surface area contributed by atoms with Crippen molar-refractivity contribution in [1.82, 2.24) is 10.3 Å². The Bertz CT molecular complexity index is 657. The number of aromatic nitrogens is 1. The van der Waals surface area contributed by atoms with Gasteiger partial charge in [-0.2, -0.15) is 0 Å². The lowest BCUT2D eigenvalue weighted by Gasteiger charge is -2.29. The SMILES string of the molecule is COCC(C)(CCO)NC(=O)CCc1c[nH]c2ccc(C)cc12. The van der Waals surface area contributed by atoms with Crippen molar-refractivity contribution in [1.29, 1.82) is 0 Å². The molecule has 0 aliphatic rings. The van der Waals surface area contributed by atoms with Crippen molar-refractivity contribution in [2.75, 3.05) is 20.3 Å². The highest BCUT2D eigenvalue weighted by Crippen LogP contribution is 2.21. The largest absolute Gasteiger partial charge is 0.396 e. The Morgan fingerprint density at radius 1 is 1.43 bits per heavy atom. The summed E-state index contributed by atoms with van der Waals surface area (Å²) in [6.45, 7) is 4.35. The number of methoxy groups -OCH3 is 1. The van der Waals surface area contributed by atoms with Gasteiger partial charge in [0.15, 0.2) is 0 Å². The Morgan fingerprint density at radius 3 is 2.91 bits per heavy atom. The molecule has 0 bridgehead atoms. The lowest BCUT2D eigenvalue weighted by Crippen LogP contribution is -2.50. The van der Waals surface area contributed by atoms with Crippen molar-refractivity contribution in [3.63, 3.8) is 0 Å². The van der Waals surface area contributed by atoms with Crippen LogP contribution in [0, 0.1) is 6.92 Å². The fourth-order valence-electron chi connectivity index (χ4n) is 2.88. The highest BCUT2D eigenvalue weighted by molar-refractivity contribution is 5.85. The van der Waals surface area contributed by atoms with Crippen LogP contribution >= 0.6 is 0 Å². The number of aromatic amines is 1. The molecule has 1 atom stereocenters. The molecule has 1 amide bonds. The van der Waals surface area contributed by atoms with E-state index in [0.29, 0.717) is 25.9 Å². The molecule has 2 rings (SSSR count). The third-order valence-electron chi connectivity index (χ3n) is 4.11. The molecule has 5 heteroatoms. The lowest BCUT2D eigenvalue weighted by molar-refractivity contribution is -0.123. The summed E-state index contributed by atoms with van der Waals surface area (Å²) < 4.78 is 5.15. The van der Waals surface area contributed by atoms with Crippen molar-refractivity contribution in [2.45, 2.75) is 38.6 Å². The minimum atomic E-state index is -0.530. The summed E-state index contributed by atoms with van der Waals surface area (Å²) in [5.41, 5.74) is 2.92. The van der Waals surface area contributed by atoms with Crippen molar-refractivity contribution in [3.8, 4) is 0 Å². The zero-order chi connectivity index (χ0) is 16.9. The number of hydrogen-bond donors (Lipinski definition) is 3. The molecule has 5 nitrogen and oxygen atoms in total. The molecule has 2 aromatic rings. The molecule has 0 saturated heterocycles. The van der Waals surface area contributed by atoms with Gasteiger partial charge in [0, 0.05) is 37.2 Å². The van der Waals surface area contributed by atoms with E-state index >= 15 is 0 Å². The topological polar surface area (TPSA) is 74.3 Å². The number of aliphatic hydroxyl groups is 1. The number of nitrogens with one attached hydrogen (secondary N) is 2. The van der Waals surface area contributed by atoms with Crippen LogP contribution in [0.1, 0.15) is 30.9 Å². The Morgan fingerprint density at radius 2 is 2.22 bits per heavy atom. The van der Waals surface area contributed by atoms with Gasteiger partial charge in [-0.1, -0.05) is 11.6 Å². The van der Waals surface area contributed by atoms with E-state index in [2.05, 4.69) is 35.4 Å². The summed E-state index contributed by atoms with van der Waals surface area (Å²) >= 11 is 0. The molecule has 0 saturated carbocycles. The molecule has 0 fully saturated rings. The maximum Gasteiger partial charge on any atom is 0.220 e. The van der Waals surface area contributed by atoms with Gasteiger partial charge in [0.25, 0.3) is 0 Å². The Hall–Kier alpha value is -1.85. The second-order valence-electron chi connectivity index (χ2n) is 6.38. The van der Waals surface area contributed by atoms with E-state index in [9.17, 15) is 4.79 Å². The van der Waals surface area contributed by atoms with E-state index in [1.165, 1.54) is 10.9 Å². The second kappa shape index (κ2) is 7.62. The number of benzene rings is 1. The number of aliphatic hydroxyl groups excluding tert-OH is 1. The van der Waals surface area contributed by atoms with Gasteiger partial charge < -0.3 is 20.1 Å². The van der Waals surface area contributed by atoms with Crippen LogP contribution in [0.25, 0.3) is 10.9 Å². The summed E-state index contributed by atoms with van der Waals surface area (Å²) in [5.74, 6) is -0.0278. The molecule has 1 aromatic heterocycles. The normalized spacial score (nSPS) is 13.9. The molecular formula is C18H26N2O3. The fourth-order valence-corrected chi connectivity index (χ4v) is 2.88. The summed E-state index contributed by atoms with van der Waals surface area (Å²) in [4.78, 5) is 15.5. The van der Waals surface area contributed by atoms with Crippen molar-refractivity contribution >= 4 is 16.8 Å². The smallest absolute Gasteiger partial charge is 0.220 e. The number of ether oxygens (including phenoxy) is 1. The Kier molecular flexibility index (Phi) is 5.80. The van der Waals surface area contributed by atoms with Crippen LogP contribution in [0.5, 0.6) is 0 Å². The molecule has 0 radical (unpaired) electrons. The zero-order valence-electron chi connectivity index (χ0n) is 14.1. The molecule has 1 heterocycles. The average Bonchev–Trinajstić information content (AvgIpc) is 2.87. The van der Waals surface area contributed by atoms with Crippen LogP contribution < -0.4 is 5.32 Å². The summed E-state index contributed by atoms with van der Waals surface area (Å²) in [6.07, 6.45) is 3.53. The highest BCUT2D eigenvalue weighted by Gasteiger charge is 2.25. The average molecular weight is 318 g/mol. The van der Waals surface area contributed by atoms with Crippen LogP contribution in [0.4, 0.5) is 0 Å². The van der Waals surface area contributed by atoms with Crippen LogP contribution in [-0.2, 0) is 16.0 Å². The molecule has 0 aliphatic carbocycles. The first-order valence-corrected chi connectivity index (χ1v) is 7.95. The number of carbonyl (C=O) groups excluding carboxylic acids is 1. The van der Waals surface area contributed by atoms with Gasteiger partial charge in [-0.25, -0.2) is 0 Å². The van der Waals surface area contributed by atoms with E-state index in [0.717, 1.165) is 11.1 Å². The molecule has 0 aliphatic heterocycles.